The summed E-state index contributed by atoms with van der Waals surface area (Å²) in [5.74, 6) is -3.32. The fourth-order valence-corrected chi connectivity index (χ4v) is 4.27. The van der Waals surface area contributed by atoms with Crippen molar-refractivity contribution in [3.63, 3.8) is 0 Å². The Morgan fingerprint density at radius 2 is 1.74 bits per heavy atom. The summed E-state index contributed by atoms with van der Waals surface area (Å²) in [5.41, 5.74) is 4.78. The van der Waals surface area contributed by atoms with Gasteiger partial charge in [0.2, 0.25) is 5.91 Å². The zero-order valence-corrected chi connectivity index (χ0v) is 13.4. The van der Waals surface area contributed by atoms with Crippen molar-refractivity contribution in [1.82, 2.24) is 10.9 Å². The third kappa shape index (κ3) is 3.01. The number of amides is 2. The smallest absolute Gasteiger partial charge is 0.307 e. The maximum Gasteiger partial charge on any atom is 0.307 e. The van der Waals surface area contributed by atoms with Crippen LogP contribution in [0.4, 0.5) is 0 Å². The zero-order valence-electron chi connectivity index (χ0n) is 12.6. The number of hydrogen-bond acceptors (Lipinski definition) is 4. The van der Waals surface area contributed by atoms with Crippen molar-refractivity contribution < 1.29 is 19.5 Å². The molecule has 0 aliphatic heterocycles. The van der Waals surface area contributed by atoms with E-state index in [-0.39, 0.29) is 17.7 Å². The minimum absolute atomic E-state index is 0.0815. The van der Waals surface area contributed by atoms with E-state index in [9.17, 15) is 19.5 Å². The molecule has 3 aliphatic rings. The highest BCUT2D eigenvalue weighted by Gasteiger charge is 2.48. The van der Waals surface area contributed by atoms with E-state index < -0.39 is 23.7 Å². The first-order valence-corrected chi connectivity index (χ1v) is 8.37. The number of hydrogen-bond donors (Lipinski definition) is 3. The molecule has 1 aromatic rings. The fourth-order valence-electron chi connectivity index (χ4n) is 3.51. The first kappa shape index (κ1) is 15.7. The summed E-state index contributed by atoms with van der Waals surface area (Å²) in [6.07, 6.45) is 5.44. The van der Waals surface area contributed by atoms with Crippen LogP contribution in [0.1, 0.15) is 27.4 Å². The van der Waals surface area contributed by atoms with Crippen LogP contribution in [0.15, 0.2) is 24.3 Å². The minimum Gasteiger partial charge on any atom is -0.481 e. The zero-order chi connectivity index (χ0) is 16.6. The maximum absolute atomic E-state index is 12.4. The number of nitrogens with one attached hydrogen (secondary N) is 2. The standard InChI is InChI=1S/C16H18N2O4S/c1-8-2-7-11(23-8)14(19)17-18-15(20)12-9-3-5-10(6-4-9)13(12)16(21)22/h2-3,5,7,9-10,12-13H,4,6H2,1H3,(H,17,19)(H,18,20)(H,21,22). The summed E-state index contributed by atoms with van der Waals surface area (Å²) < 4.78 is 0. The summed E-state index contributed by atoms with van der Waals surface area (Å²) in [6.45, 7) is 1.89. The molecule has 6 nitrogen and oxygen atoms in total. The average Bonchev–Trinajstić information content (AvgIpc) is 2.99. The Bertz CT molecular complexity index is 681. The number of fused-ring (bicyclic) bond motifs is 2. The molecule has 7 heteroatoms. The quantitative estimate of drug-likeness (QED) is 0.579. The summed E-state index contributed by atoms with van der Waals surface area (Å²) in [5, 5.41) is 9.44. The fraction of sp³-hybridized carbons (Fsp3) is 0.438. The lowest BCUT2D eigenvalue weighted by molar-refractivity contribution is -0.153. The van der Waals surface area contributed by atoms with Crippen molar-refractivity contribution in [3.05, 3.63) is 34.0 Å². The third-order valence-electron chi connectivity index (χ3n) is 4.60. The summed E-state index contributed by atoms with van der Waals surface area (Å²) >= 11 is 1.33. The Morgan fingerprint density at radius 1 is 1.09 bits per heavy atom. The molecule has 1 heterocycles. The van der Waals surface area contributed by atoms with E-state index in [1.165, 1.54) is 11.3 Å². The number of aliphatic carboxylic acids is 1. The summed E-state index contributed by atoms with van der Waals surface area (Å²) in [6, 6.07) is 3.51. The second-order valence-corrected chi connectivity index (χ2v) is 7.32. The Hall–Kier alpha value is -2.15. The molecule has 4 atom stereocenters. The van der Waals surface area contributed by atoms with Crippen LogP contribution in [-0.2, 0) is 9.59 Å². The van der Waals surface area contributed by atoms with Gasteiger partial charge in [0.25, 0.3) is 5.91 Å². The molecule has 2 bridgehead atoms. The molecule has 1 aromatic heterocycles. The largest absolute Gasteiger partial charge is 0.481 e. The van der Waals surface area contributed by atoms with Crippen molar-refractivity contribution in [1.29, 1.82) is 0 Å². The van der Waals surface area contributed by atoms with Gasteiger partial charge in [0.15, 0.2) is 0 Å². The van der Waals surface area contributed by atoms with Crippen molar-refractivity contribution in [2.45, 2.75) is 19.8 Å². The number of thiophene rings is 1. The molecule has 3 aliphatic carbocycles. The van der Waals surface area contributed by atoms with E-state index in [0.29, 0.717) is 4.88 Å². The van der Waals surface area contributed by atoms with Crippen LogP contribution < -0.4 is 10.9 Å². The Balaban J connectivity index is 1.66. The number of carboxylic acids is 1. The number of aryl methyl sites for hydroxylation is 1. The van der Waals surface area contributed by atoms with E-state index in [4.69, 9.17) is 0 Å². The van der Waals surface area contributed by atoms with Gasteiger partial charge in [0, 0.05) is 4.88 Å². The van der Waals surface area contributed by atoms with Crippen LogP contribution in [0.5, 0.6) is 0 Å². The summed E-state index contributed by atoms with van der Waals surface area (Å²) in [4.78, 5) is 37.4. The topological polar surface area (TPSA) is 95.5 Å². The first-order chi connectivity index (χ1) is 11.0. The van der Waals surface area contributed by atoms with E-state index in [1.54, 1.807) is 6.07 Å². The predicted molar refractivity (Wildman–Crippen MR) is 84.6 cm³/mol. The maximum atomic E-state index is 12.4. The molecule has 23 heavy (non-hydrogen) atoms. The van der Waals surface area contributed by atoms with Crippen LogP contribution in [0.3, 0.4) is 0 Å². The second-order valence-electron chi connectivity index (χ2n) is 6.03. The Kier molecular flexibility index (Phi) is 4.21. The van der Waals surface area contributed by atoms with Crippen molar-refractivity contribution in [2.24, 2.45) is 23.7 Å². The van der Waals surface area contributed by atoms with Gasteiger partial charge in [0.1, 0.15) is 0 Å². The van der Waals surface area contributed by atoms with Crippen molar-refractivity contribution in [2.75, 3.05) is 0 Å². The molecular formula is C16H18N2O4S. The Morgan fingerprint density at radius 3 is 2.26 bits per heavy atom. The van der Waals surface area contributed by atoms with E-state index in [2.05, 4.69) is 10.9 Å². The monoisotopic (exact) mass is 334 g/mol. The highest BCUT2D eigenvalue weighted by atomic mass is 32.1. The number of rotatable bonds is 3. The van der Waals surface area contributed by atoms with Gasteiger partial charge in [0.05, 0.1) is 16.7 Å². The van der Waals surface area contributed by atoms with Gasteiger partial charge in [-0.25, -0.2) is 0 Å². The van der Waals surface area contributed by atoms with Crippen LogP contribution in [0, 0.1) is 30.6 Å². The Labute approximate surface area is 137 Å². The SMILES string of the molecule is Cc1ccc(C(=O)NNC(=O)C2C3C=CC(CC3)C2C(=O)O)s1. The lowest BCUT2D eigenvalue weighted by Crippen LogP contribution is -2.52. The van der Waals surface area contributed by atoms with Gasteiger partial charge in [-0.3, -0.25) is 25.2 Å². The van der Waals surface area contributed by atoms with Gasteiger partial charge >= 0.3 is 5.97 Å². The van der Waals surface area contributed by atoms with E-state index in [1.807, 2.05) is 25.1 Å². The average molecular weight is 334 g/mol. The minimum atomic E-state index is -0.954. The predicted octanol–water partition coefficient (Wildman–Crippen LogP) is 1.73. The molecule has 0 aromatic carbocycles. The molecule has 4 rings (SSSR count). The number of carboxylic acid groups (broad SMARTS) is 1. The molecular weight excluding hydrogens is 316 g/mol. The first-order valence-electron chi connectivity index (χ1n) is 7.55. The highest BCUT2D eigenvalue weighted by molar-refractivity contribution is 7.13. The lowest BCUT2D eigenvalue weighted by atomic mass is 9.62. The normalized spacial score (nSPS) is 28.4. The molecule has 0 saturated heterocycles. The number of carbonyl (C=O) groups excluding carboxylic acids is 2. The number of hydrazine groups is 1. The third-order valence-corrected chi connectivity index (χ3v) is 5.60. The number of carbonyl (C=O) groups is 3. The summed E-state index contributed by atoms with van der Waals surface area (Å²) in [7, 11) is 0. The van der Waals surface area contributed by atoms with Crippen molar-refractivity contribution in [3.8, 4) is 0 Å². The molecule has 1 fully saturated rings. The molecule has 0 radical (unpaired) electrons. The second kappa shape index (κ2) is 6.16. The van der Waals surface area contributed by atoms with Crippen LogP contribution in [0.25, 0.3) is 0 Å². The van der Waals surface area contributed by atoms with Gasteiger partial charge in [-0.1, -0.05) is 12.2 Å². The molecule has 2 amide bonds. The lowest BCUT2D eigenvalue weighted by Gasteiger charge is -2.41. The van der Waals surface area contributed by atoms with Gasteiger partial charge in [-0.2, -0.15) is 0 Å². The van der Waals surface area contributed by atoms with Crippen molar-refractivity contribution >= 4 is 29.1 Å². The molecule has 1 saturated carbocycles. The van der Waals surface area contributed by atoms with Crippen LogP contribution >= 0.6 is 11.3 Å². The van der Waals surface area contributed by atoms with E-state index in [0.717, 1.165) is 17.7 Å². The van der Waals surface area contributed by atoms with Gasteiger partial charge in [-0.05, 0) is 43.7 Å². The molecule has 3 N–H and O–H groups in total. The van der Waals surface area contributed by atoms with Gasteiger partial charge in [-0.15, -0.1) is 11.3 Å². The van der Waals surface area contributed by atoms with Crippen LogP contribution in [-0.4, -0.2) is 22.9 Å². The highest BCUT2D eigenvalue weighted by Crippen LogP contribution is 2.44. The molecule has 4 unspecified atom stereocenters. The molecule has 0 spiro atoms. The van der Waals surface area contributed by atoms with Gasteiger partial charge < -0.3 is 5.11 Å². The number of allylic oxidation sites excluding steroid dienone is 2. The van der Waals surface area contributed by atoms with Crippen LogP contribution in [0.2, 0.25) is 0 Å². The van der Waals surface area contributed by atoms with E-state index >= 15 is 0 Å². The molecule has 122 valence electrons.